The highest BCUT2D eigenvalue weighted by Gasteiger charge is 2.16. The average Bonchev–Trinajstić information content (AvgIpc) is 2.61. The van der Waals surface area contributed by atoms with Crippen LogP contribution in [0.2, 0.25) is 5.02 Å². The second-order valence-electron chi connectivity index (χ2n) is 5.53. The molecule has 0 aliphatic rings. The van der Waals surface area contributed by atoms with Gasteiger partial charge in [0, 0.05) is 30.2 Å². The van der Waals surface area contributed by atoms with Gasteiger partial charge in [-0.2, -0.15) is 0 Å². The topological polar surface area (TPSA) is 58.6 Å². The predicted molar refractivity (Wildman–Crippen MR) is 99.2 cm³/mol. The van der Waals surface area contributed by atoms with Gasteiger partial charge in [0.2, 0.25) is 11.8 Å². The summed E-state index contributed by atoms with van der Waals surface area (Å²) < 4.78 is 5.16. The second kappa shape index (κ2) is 9.08. The van der Waals surface area contributed by atoms with Gasteiger partial charge in [0.05, 0.1) is 7.11 Å². The molecule has 0 radical (unpaired) electrons. The molecular weight excluding hydrogens is 340 g/mol. The molecule has 25 heavy (non-hydrogen) atoms. The summed E-state index contributed by atoms with van der Waals surface area (Å²) >= 11 is 5.85. The van der Waals surface area contributed by atoms with E-state index in [9.17, 15) is 9.59 Å². The number of nitrogens with one attached hydrogen (secondary N) is 1. The van der Waals surface area contributed by atoms with Gasteiger partial charge in [-0.15, -0.1) is 0 Å². The number of rotatable bonds is 7. The maximum absolute atomic E-state index is 12.2. The minimum absolute atomic E-state index is 0.0386. The number of nitrogens with zero attached hydrogens (tertiary/aromatic N) is 1. The standard InChI is InChI=1S/C19H21ClN2O3/c1-14(23)22(17-4-3-5-18(12-17)25-2)13-19(24)21-11-10-15-6-8-16(20)9-7-15/h3-9,12H,10-11,13H2,1-2H3,(H,21,24). The first-order valence-corrected chi connectivity index (χ1v) is 8.30. The van der Waals surface area contributed by atoms with Crippen LogP contribution in [0.25, 0.3) is 0 Å². The van der Waals surface area contributed by atoms with Gasteiger partial charge in [-0.3, -0.25) is 9.59 Å². The van der Waals surface area contributed by atoms with Crippen molar-refractivity contribution in [2.24, 2.45) is 0 Å². The summed E-state index contributed by atoms with van der Waals surface area (Å²) in [5, 5.41) is 3.52. The number of hydrogen-bond acceptors (Lipinski definition) is 3. The van der Waals surface area contributed by atoms with Crippen molar-refractivity contribution in [2.75, 3.05) is 25.1 Å². The largest absolute Gasteiger partial charge is 0.497 e. The molecule has 2 rings (SSSR count). The molecule has 0 atom stereocenters. The van der Waals surface area contributed by atoms with Crippen LogP contribution in [0.4, 0.5) is 5.69 Å². The zero-order valence-electron chi connectivity index (χ0n) is 14.3. The fourth-order valence-corrected chi connectivity index (χ4v) is 2.49. The van der Waals surface area contributed by atoms with Crippen LogP contribution in [0.15, 0.2) is 48.5 Å². The van der Waals surface area contributed by atoms with Crippen molar-refractivity contribution in [3.05, 3.63) is 59.1 Å². The number of hydrogen-bond donors (Lipinski definition) is 1. The fraction of sp³-hybridized carbons (Fsp3) is 0.263. The van der Waals surface area contributed by atoms with Gasteiger partial charge >= 0.3 is 0 Å². The van der Waals surface area contributed by atoms with E-state index in [0.29, 0.717) is 29.4 Å². The van der Waals surface area contributed by atoms with Crippen LogP contribution in [0.1, 0.15) is 12.5 Å². The normalized spacial score (nSPS) is 10.2. The van der Waals surface area contributed by atoms with E-state index in [2.05, 4.69) is 5.32 Å². The van der Waals surface area contributed by atoms with E-state index in [4.69, 9.17) is 16.3 Å². The van der Waals surface area contributed by atoms with Crippen molar-refractivity contribution in [1.82, 2.24) is 5.32 Å². The minimum Gasteiger partial charge on any atom is -0.497 e. The number of ether oxygens (including phenoxy) is 1. The Labute approximate surface area is 152 Å². The Hall–Kier alpha value is -2.53. The number of carbonyl (C=O) groups excluding carboxylic acids is 2. The van der Waals surface area contributed by atoms with E-state index >= 15 is 0 Å². The van der Waals surface area contributed by atoms with Gasteiger partial charge in [0.25, 0.3) is 0 Å². The molecule has 132 valence electrons. The molecule has 1 N–H and O–H groups in total. The maximum atomic E-state index is 12.2. The van der Waals surface area contributed by atoms with Gasteiger partial charge in [-0.05, 0) is 36.2 Å². The van der Waals surface area contributed by atoms with Crippen molar-refractivity contribution in [3.8, 4) is 5.75 Å². The lowest BCUT2D eigenvalue weighted by molar-refractivity contribution is -0.123. The Morgan fingerprint density at radius 1 is 1.16 bits per heavy atom. The lowest BCUT2D eigenvalue weighted by Gasteiger charge is -2.21. The number of anilines is 1. The Morgan fingerprint density at radius 2 is 1.88 bits per heavy atom. The smallest absolute Gasteiger partial charge is 0.240 e. The lowest BCUT2D eigenvalue weighted by Crippen LogP contribution is -2.40. The first-order valence-electron chi connectivity index (χ1n) is 7.93. The molecule has 2 aromatic carbocycles. The van der Waals surface area contributed by atoms with E-state index in [1.54, 1.807) is 31.4 Å². The Balaban J connectivity index is 1.91. The molecule has 0 saturated carbocycles. The summed E-state index contributed by atoms with van der Waals surface area (Å²) in [4.78, 5) is 25.5. The zero-order valence-corrected chi connectivity index (χ0v) is 15.0. The van der Waals surface area contributed by atoms with Crippen LogP contribution >= 0.6 is 11.6 Å². The highest BCUT2D eigenvalue weighted by molar-refractivity contribution is 6.30. The molecule has 0 heterocycles. The van der Waals surface area contributed by atoms with E-state index < -0.39 is 0 Å². The molecule has 2 aromatic rings. The fourth-order valence-electron chi connectivity index (χ4n) is 2.36. The first kappa shape index (κ1) is 18.8. The van der Waals surface area contributed by atoms with Gasteiger partial charge in [-0.1, -0.05) is 29.8 Å². The van der Waals surface area contributed by atoms with Crippen molar-refractivity contribution in [2.45, 2.75) is 13.3 Å². The Bertz CT molecular complexity index is 732. The number of amides is 2. The summed E-state index contributed by atoms with van der Waals surface area (Å²) in [5.74, 6) is 0.208. The number of methoxy groups -OCH3 is 1. The van der Waals surface area contributed by atoms with Gasteiger partial charge in [0.1, 0.15) is 12.3 Å². The quantitative estimate of drug-likeness (QED) is 0.825. The van der Waals surface area contributed by atoms with Crippen molar-refractivity contribution in [1.29, 1.82) is 0 Å². The maximum Gasteiger partial charge on any atom is 0.240 e. The summed E-state index contributed by atoms with van der Waals surface area (Å²) in [6.07, 6.45) is 0.697. The highest BCUT2D eigenvalue weighted by atomic mass is 35.5. The first-order chi connectivity index (χ1) is 12.0. The highest BCUT2D eigenvalue weighted by Crippen LogP contribution is 2.21. The van der Waals surface area contributed by atoms with Crippen molar-refractivity contribution < 1.29 is 14.3 Å². The lowest BCUT2D eigenvalue weighted by atomic mass is 10.1. The third kappa shape index (κ3) is 5.80. The molecular formula is C19H21ClN2O3. The molecule has 6 heteroatoms. The molecule has 0 fully saturated rings. The summed E-state index contributed by atoms with van der Waals surface area (Å²) in [6, 6.07) is 14.5. The van der Waals surface area contributed by atoms with Crippen molar-refractivity contribution >= 4 is 29.1 Å². The molecule has 5 nitrogen and oxygen atoms in total. The van der Waals surface area contributed by atoms with Gasteiger partial charge < -0.3 is 15.0 Å². The Morgan fingerprint density at radius 3 is 2.52 bits per heavy atom. The van der Waals surface area contributed by atoms with Crippen LogP contribution in [-0.4, -0.2) is 32.0 Å². The van der Waals surface area contributed by atoms with E-state index in [-0.39, 0.29) is 18.4 Å². The molecule has 0 bridgehead atoms. The SMILES string of the molecule is COc1cccc(N(CC(=O)NCCc2ccc(Cl)cc2)C(C)=O)c1. The molecule has 0 unspecified atom stereocenters. The summed E-state index contributed by atoms with van der Waals surface area (Å²) in [7, 11) is 1.56. The third-order valence-electron chi connectivity index (χ3n) is 3.70. The zero-order chi connectivity index (χ0) is 18.2. The van der Waals surface area contributed by atoms with E-state index in [1.165, 1.54) is 11.8 Å². The second-order valence-corrected chi connectivity index (χ2v) is 5.97. The molecule has 2 amide bonds. The minimum atomic E-state index is -0.216. The van der Waals surface area contributed by atoms with Crippen LogP contribution < -0.4 is 15.0 Å². The van der Waals surface area contributed by atoms with Gasteiger partial charge in [0.15, 0.2) is 0 Å². The third-order valence-corrected chi connectivity index (χ3v) is 3.95. The van der Waals surface area contributed by atoms with Crippen molar-refractivity contribution in [3.63, 3.8) is 0 Å². The average molecular weight is 361 g/mol. The molecule has 0 spiro atoms. The summed E-state index contributed by atoms with van der Waals surface area (Å²) in [5.41, 5.74) is 1.71. The Kier molecular flexibility index (Phi) is 6.83. The van der Waals surface area contributed by atoms with Crippen LogP contribution in [0.3, 0.4) is 0 Å². The molecule has 0 saturated heterocycles. The number of halogens is 1. The molecule has 0 aromatic heterocycles. The van der Waals surface area contributed by atoms with Crippen LogP contribution in [-0.2, 0) is 16.0 Å². The van der Waals surface area contributed by atoms with E-state index in [1.807, 2.05) is 24.3 Å². The number of benzene rings is 2. The van der Waals surface area contributed by atoms with Gasteiger partial charge in [-0.25, -0.2) is 0 Å². The molecule has 0 aliphatic heterocycles. The van der Waals surface area contributed by atoms with Crippen LogP contribution in [0, 0.1) is 0 Å². The monoisotopic (exact) mass is 360 g/mol. The summed E-state index contributed by atoms with van der Waals surface area (Å²) in [6.45, 7) is 1.88. The number of carbonyl (C=O) groups is 2. The van der Waals surface area contributed by atoms with Crippen LogP contribution in [0.5, 0.6) is 5.75 Å². The molecule has 0 aliphatic carbocycles. The van der Waals surface area contributed by atoms with E-state index in [0.717, 1.165) is 5.56 Å². The predicted octanol–water partition coefficient (Wildman–Crippen LogP) is 3.06.